The molecule has 0 bridgehead atoms. The molecular formula is C15H21N7O7P+. The molecule has 0 spiro atoms. The minimum atomic E-state index is -4.19. The van der Waals surface area contributed by atoms with Gasteiger partial charge in [-0.15, -0.1) is 0 Å². The first-order valence-electron chi connectivity index (χ1n) is 8.81. The molecule has 1 fully saturated rings. The number of aliphatic hydroxyl groups is 1. The number of methoxy groups -OCH3 is 1. The van der Waals surface area contributed by atoms with Crippen LogP contribution < -0.4 is 15.9 Å². The van der Waals surface area contributed by atoms with E-state index in [2.05, 4.69) is 15.0 Å². The summed E-state index contributed by atoms with van der Waals surface area (Å²) in [5.41, 5.74) is 5.64. The highest BCUT2D eigenvalue weighted by Gasteiger charge is 2.48. The quantitative estimate of drug-likeness (QED) is 0.253. The number of ether oxygens (including phenoxy) is 2. The third-order valence-electron chi connectivity index (χ3n) is 4.83. The van der Waals surface area contributed by atoms with Crippen LogP contribution in [0.1, 0.15) is 6.23 Å². The molecule has 1 aliphatic rings. The van der Waals surface area contributed by atoms with Gasteiger partial charge in [0.15, 0.2) is 6.33 Å². The molecule has 4 heterocycles. The molecule has 14 nitrogen and oxygen atoms in total. The molecule has 0 radical (unpaired) electrons. The molecule has 15 heteroatoms. The number of nitrogen functional groups attached to an aromatic ring is 1. The Kier molecular flexibility index (Phi) is 5.22. The SMILES string of the molecule is CO[C@@H]1C(O)[C@@H]([n+]2cn(C)c3c(=O)[nH]c(N)nc32)O[C@H]1COP(=O)(O)n1ccnc1. The number of aromatic amines is 1. The average molecular weight is 442 g/mol. The van der Waals surface area contributed by atoms with Crippen LogP contribution in [0, 0.1) is 0 Å². The summed E-state index contributed by atoms with van der Waals surface area (Å²) in [4.78, 5) is 32.6. The molecule has 5 N–H and O–H groups in total. The number of anilines is 1. The van der Waals surface area contributed by atoms with Gasteiger partial charge < -0.3 is 25.2 Å². The van der Waals surface area contributed by atoms with Gasteiger partial charge in [0.05, 0.1) is 13.7 Å². The number of rotatable bonds is 6. The number of aliphatic hydroxyl groups excluding tert-OH is 1. The van der Waals surface area contributed by atoms with Gasteiger partial charge in [-0.3, -0.25) is 18.9 Å². The summed E-state index contributed by atoms with van der Waals surface area (Å²) in [7, 11) is -1.19. The van der Waals surface area contributed by atoms with Crippen LogP contribution in [-0.2, 0) is 25.6 Å². The van der Waals surface area contributed by atoms with Gasteiger partial charge in [0.1, 0.15) is 24.6 Å². The van der Waals surface area contributed by atoms with E-state index in [0.717, 1.165) is 10.7 Å². The largest absolute Gasteiger partial charge is 0.437 e. The van der Waals surface area contributed by atoms with Crippen molar-refractivity contribution in [2.24, 2.45) is 7.05 Å². The summed E-state index contributed by atoms with van der Waals surface area (Å²) in [5.74, 6) is -0.0929. The Morgan fingerprint density at radius 1 is 1.50 bits per heavy atom. The fourth-order valence-electron chi connectivity index (χ4n) is 3.47. The summed E-state index contributed by atoms with van der Waals surface area (Å²) >= 11 is 0. The lowest BCUT2D eigenvalue weighted by Crippen LogP contribution is -2.46. The first-order valence-corrected chi connectivity index (χ1v) is 10.3. The van der Waals surface area contributed by atoms with Gasteiger partial charge in [-0.2, -0.15) is 0 Å². The van der Waals surface area contributed by atoms with E-state index in [1.54, 1.807) is 7.05 Å². The van der Waals surface area contributed by atoms with Crippen molar-refractivity contribution in [2.75, 3.05) is 19.5 Å². The average Bonchev–Trinajstić information content (AvgIpc) is 3.39. The van der Waals surface area contributed by atoms with Gasteiger partial charge in [-0.25, -0.2) is 18.5 Å². The van der Waals surface area contributed by atoms with E-state index in [9.17, 15) is 19.4 Å². The van der Waals surface area contributed by atoms with Gasteiger partial charge in [0.25, 0.3) is 11.5 Å². The molecule has 1 aliphatic heterocycles. The molecule has 1 saturated heterocycles. The van der Waals surface area contributed by atoms with Gasteiger partial charge in [0.2, 0.25) is 11.7 Å². The maximum atomic E-state index is 12.3. The van der Waals surface area contributed by atoms with E-state index >= 15 is 0 Å². The number of nitrogens with two attached hydrogens (primary N) is 1. The van der Waals surface area contributed by atoms with Crippen molar-refractivity contribution < 1.29 is 33.1 Å². The monoisotopic (exact) mass is 442 g/mol. The van der Waals surface area contributed by atoms with E-state index in [-0.39, 0.29) is 23.7 Å². The molecule has 0 amide bonds. The third-order valence-corrected chi connectivity index (χ3v) is 6.14. The number of nitrogens with zero attached hydrogens (tertiary/aromatic N) is 5. The zero-order valence-corrected chi connectivity index (χ0v) is 16.9. The Bertz CT molecular complexity index is 1160. The minimum absolute atomic E-state index is 0.0929. The molecule has 3 aromatic heterocycles. The Morgan fingerprint density at radius 3 is 2.93 bits per heavy atom. The first kappa shape index (κ1) is 20.7. The van der Waals surface area contributed by atoms with E-state index in [1.807, 2.05) is 0 Å². The predicted molar refractivity (Wildman–Crippen MR) is 100 cm³/mol. The number of aryl methyl sites for hydroxylation is 1. The first-order chi connectivity index (χ1) is 14.2. The summed E-state index contributed by atoms with van der Waals surface area (Å²) in [5, 5.41) is 10.8. The number of hydrogen-bond donors (Lipinski definition) is 4. The van der Waals surface area contributed by atoms with Crippen molar-refractivity contribution in [3.63, 3.8) is 0 Å². The smallest absolute Gasteiger partial charge is 0.384 e. The molecule has 162 valence electrons. The second kappa shape index (κ2) is 7.58. The molecule has 0 aliphatic carbocycles. The van der Waals surface area contributed by atoms with Crippen LogP contribution in [0.3, 0.4) is 0 Å². The van der Waals surface area contributed by atoms with Gasteiger partial charge in [-0.05, 0) is 0 Å². The summed E-state index contributed by atoms with van der Waals surface area (Å²) in [6.07, 6.45) is 1.36. The summed E-state index contributed by atoms with van der Waals surface area (Å²) in [6.45, 7) is -0.348. The summed E-state index contributed by atoms with van der Waals surface area (Å²) in [6, 6.07) is 0. The fourth-order valence-corrected chi connectivity index (χ4v) is 4.36. The Balaban J connectivity index is 1.62. The standard InChI is InChI=1S/C15H20N7O7P/c1-20-7-22(12-9(20)13(24)19-15(16)18-12)14-10(23)11(27-2)8(29-14)5-28-30(25,26)21-4-3-17-6-21/h3-4,6-8,10-11,14,23H,5H2,1-2H3,(H3-,16,18,19,24,25,26)/p+1/t8-,10?,11-,14-/m0/s1. The topological polar surface area (TPSA) is 184 Å². The Labute approximate surface area is 169 Å². The van der Waals surface area contributed by atoms with Crippen LogP contribution >= 0.6 is 7.75 Å². The lowest BCUT2D eigenvalue weighted by atomic mass is 10.1. The van der Waals surface area contributed by atoms with E-state index in [1.165, 1.54) is 35.0 Å². The lowest BCUT2D eigenvalue weighted by molar-refractivity contribution is -0.745. The van der Waals surface area contributed by atoms with Gasteiger partial charge in [-0.1, -0.05) is 4.98 Å². The number of H-pyrrole nitrogens is 1. The summed E-state index contributed by atoms with van der Waals surface area (Å²) < 4.78 is 32.6. The number of aromatic nitrogens is 6. The number of fused-ring (bicyclic) bond motifs is 1. The van der Waals surface area contributed by atoms with Gasteiger partial charge >= 0.3 is 13.4 Å². The highest BCUT2D eigenvalue weighted by atomic mass is 31.2. The van der Waals surface area contributed by atoms with Gasteiger partial charge in [0, 0.05) is 19.5 Å². The van der Waals surface area contributed by atoms with Crippen LogP contribution in [0.5, 0.6) is 0 Å². The van der Waals surface area contributed by atoms with Crippen molar-refractivity contribution in [3.05, 3.63) is 35.4 Å². The third kappa shape index (κ3) is 3.43. The van der Waals surface area contributed by atoms with Crippen LogP contribution in [0.15, 0.2) is 29.8 Å². The molecular weight excluding hydrogens is 421 g/mol. The van der Waals surface area contributed by atoms with Crippen LogP contribution in [0.4, 0.5) is 5.95 Å². The number of imidazole rings is 2. The maximum Gasteiger partial charge on any atom is 0.437 e. The normalized spacial score (nSPS) is 26.3. The zero-order valence-electron chi connectivity index (χ0n) is 16.0. The molecule has 3 aromatic rings. The van der Waals surface area contributed by atoms with Crippen molar-refractivity contribution in [1.82, 2.24) is 23.9 Å². The van der Waals surface area contributed by atoms with E-state index in [4.69, 9.17) is 19.7 Å². The fraction of sp³-hybridized carbons (Fsp3) is 0.467. The number of nitrogens with one attached hydrogen (secondary N) is 1. The van der Waals surface area contributed by atoms with Crippen LogP contribution in [0.2, 0.25) is 0 Å². The predicted octanol–water partition coefficient (Wildman–Crippen LogP) is -1.73. The van der Waals surface area contributed by atoms with E-state index in [0.29, 0.717) is 0 Å². The van der Waals surface area contributed by atoms with Crippen molar-refractivity contribution >= 4 is 24.9 Å². The van der Waals surface area contributed by atoms with E-state index < -0.39 is 37.8 Å². The van der Waals surface area contributed by atoms with Crippen LogP contribution in [-0.4, -0.2) is 65.9 Å². The molecule has 0 aromatic carbocycles. The molecule has 0 saturated carbocycles. The molecule has 2 unspecified atom stereocenters. The van der Waals surface area contributed by atoms with Crippen molar-refractivity contribution in [2.45, 2.75) is 24.5 Å². The van der Waals surface area contributed by atoms with Crippen LogP contribution in [0.25, 0.3) is 11.2 Å². The second-order valence-electron chi connectivity index (χ2n) is 6.74. The Hall–Kier alpha value is -2.61. The Morgan fingerprint density at radius 2 is 2.27 bits per heavy atom. The lowest BCUT2D eigenvalue weighted by Gasteiger charge is -2.19. The highest BCUT2D eigenvalue weighted by Crippen LogP contribution is 2.44. The minimum Gasteiger partial charge on any atom is -0.384 e. The van der Waals surface area contributed by atoms with Crippen molar-refractivity contribution in [3.8, 4) is 0 Å². The molecule has 30 heavy (non-hydrogen) atoms. The second-order valence-corrected chi connectivity index (χ2v) is 8.44. The zero-order chi connectivity index (χ0) is 21.6. The number of hydrogen-bond acceptors (Lipinski definition) is 9. The molecule has 5 atom stereocenters. The molecule has 4 rings (SSSR count). The maximum absolute atomic E-state index is 12.3. The highest BCUT2D eigenvalue weighted by molar-refractivity contribution is 7.51. The van der Waals surface area contributed by atoms with Crippen molar-refractivity contribution in [1.29, 1.82) is 0 Å².